The van der Waals surface area contributed by atoms with Crippen molar-refractivity contribution in [2.45, 2.75) is 0 Å². The molecule has 1 heterocycles. The van der Waals surface area contributed by atoms with Crippen molar-refractivity contribution >= 4 is 0 Å². The van der Waals surface area contributed by atoms with E-state index in [1.165, 1.54) is 0 Å². The Morgan fingerprint density at radius 3 is 2.50 bits per heavy atom. The third-order valence-corrected chi connectivity index (χ3v) is 0.726. The van der Waals surface area contributed by atoms with Crippen LogP contribution in [0.4, 0.5) is 0 Å². The summed E-state index contributed by atoms with van der Waals surface area (Å²) in [5, 5.41) is 26.0. The molecule has 0 unspecified atom stereocenters. The van der Waals surface area contributed by atoms with Crippen LogP contribution in [-0.4, -0.2) is 15.4 Å². The van der Waals surface area contributed by atoms with Crippen LogP contribution in [0.5, 0.6) is 0 Å². The van der Waals surface area contributed by atoms with Crippen molar-refractivity contribution in [1.82, 2.24) is 15.4 Å². The first-order chi connectivity index (χ1) is 4.38. The first-order valence-electron chi connectivity index (χ1n) is 2.04. The summed E-state index contributed by atoms with van der Waals surface area (Å²) < 4.78 is 0. The fraction of sp³-hybridized carbons (Fsp3) is 0. The van der Waals surface area contributed by atoms with Gasteiger partial charge < -0.3 is 5.26 Å². The predicted molar refractivity (Wildman–Crippen MR) is 24.9 cm³/mol. The quantitative estimate of drug-likeness (QED) is 0.263. The third-order valence-electron chi connectivity index (χ3n) is 0.726. The van der Waals surface area contributed by atoms with E-state index in [1.807, 2.05) is 0 Å². The zero-order valence-electron chi connectivity index (χ0n) is 5.24. The molecule has 0 aromatic carbocycles. The maximum atomic E-state index is 8.19. The van der Waals surface area contributed by atoms with Gasteiger partial charge in [-0.05, 0) is 0 Å². The van der Waals surface area contributed by atoms with Gasteiger partial charge >= 0.3 is 18.9 Å². The molecule has 0 N–H and O–H groups in total. The molecule has 0 radical (unpaired) electrons. The molecule has 42 valence electrons. The standard InChI is InChI=1S/C4N5.Li/c5-1-3-4(2-6)8-9-7-3;/q-1;+1. The number of hydrogen-bond acceptors (Lipinski definition) is 5. The van der Waals surface area contributed by atoms with E-state index in [9.17, 15) is 0 Å². The second kappa shape index (κ2) is 3.69. The van der Waals surface area contributed by atoms with E-state index in [1.54, 1.807) is 12.1 Å². The molecule has 0 saturated heterocycles. The van der Waals surface area contributed by atoms with Crippen LogP contribution in [0.25, 0.3) is 0 Å². The number of hydrogen-bond donors (Lipinski definition) is 0. The van der Waals surface area contributed by atoms with Crippen LogP contribution in [0.3, 0.4) is 0 Å². The van der Waals surface area contributed by atoms with E-state index in [-0.39, 0.29) is 30.2 Å². The van der Waals surface area contributed by atoms with E-state index < -0.39 is 0 Å². The van der Waals surface area contributed by atoms with E-state index in [0.717, 1.165) is 0 Å². The molecule has 1 rings (SSSR count). The van der Waals surface area contributed by atoms with E-state index in [0.29, 0.717) is 0 Å². The summed E-state index contributed by atoms with van der Waals surface area (Å²) in [6.45, 7) is 0. The van der Waals surface area contributed by atoms with Crippen molar-refractivity contribution in [2.75, 3.05) is 0 Å². The Balaban J connectivity index is 0.000000810. The minimum atomic E-state index is -0.0162. The molecule has 6 heteroatoms. The maximum absolute atomic E-state index is 8.19. The molecular formula is C4LiN5. The number of nitrogens with zero attached hydrogens (tertiary/aromatic N) is 5. The number of aromatic nitrogens is 3. The second-order valence-corrected chi connectivity index (χ2v) is 1.21. The normalized spacial score (nSPS) is 7.00. The van der Waals surface area contributed by atoms with Crippen LogP contribution in [0.1, 0.15) is 11.4 Å². The van der Waals surface area contributed by atoms with Crippen LogP contribution >= 0.6 is 0 Å². The zero-order valence-corrected chi connectivity index (χ0v) is 5.24. The Hall–Kier alpha value is -1.28. The zero-order chi connectivity index (χ0) is 6.69. The fourth-order valence-electron chi connectivity index (χ4n) is 0.357. The monoisotopic (exact) mass is 125 g/mol. The smallest absolute Gasteiger partial charge is 0.327 e. The molecule has 5 nitrogen and oxygen atoms in total. The number of rotatable bonds is 0. The maximum Gasteiger partial charge on any atom is 1.00 e. The summed E-state index contributed by atoms with van der Waals surface area (Å²) >= 11 is 0. The molecule has 0 amide bonds. The topological polar surface area (TPSA) is 86.2 Å². The SMILES string of the molecule is N#Cc1nnn[c-]1C#N.[Li+]. The van der Waals surface area contributed by atoms with Gasteiger partial charge in [-0.3, -0.25) is 0 Å². The first kappa shape index (κ1) is 8.72. The minimum Gasteiger partial charge on any atom is -0.327 e. The molecule has 0 fully saturated rings. The van der Waals surface area contributed by atoms with Crippen LogP contribution in [0, 0.1) is 22.7 Å². The second-order valence-electron chi connectivity index (χ2n) is 1.21. The first-order valence-corrected chi connectivity index (χ1v) is 2.04. The summed E-state index contributed by atoms with van der Waals surface area (Å²) in [4.78, 5) is 0. The summed E-state index contributed by atoms with van der Waals surface area (Å²) in [5.74, 6) is 0. The summed E-state index contributed by atoms with van der Waals surface area (Å²) in [6, 6.07) is 3.34. The van der Waals surface area contributed by atoms with Gasteiger partial charge in [-0.2, -0.15) is 5.10 Å². The van der Waals surface area contributed by atoms with Gasteiger partial charge in [-0.25, -0.2) is 10.4 Å². The van der Waals surface area contributed by atoms with E-state index in [4.69, 9.17) is 10.5 Å². The van der Waals surface area contributed by atoms with Crippen molar-refractivity contribution in [3.63, 3.8) is 0 Å². The third kappa shape index (κ3) is 1.36. The van der Waals surface area contributed by atoms with E-state index in [2.05, 4.69) is 15.4 Å². The molecule has 0 aliphatic rings. The Morgan fingerprint density at radius 2 is 2.10 bits per heavy atom. The van der Waals surface area contributed by atoms with Gasteiger partial charge in [0.25, 0.3) is 0 Å². The Labute approximate surface area is 68.8 Å². The van der Waals surface area contributed by atoms with Gasteiger partial charge in [0, 0.05) is 17.5 Å². The largest absolute Gasteiger partial charge is 1.00 e. The van der Waals surface area contributed by atoms with Gasteiger partial charge in [0.05, 0.1) is 0 Å². The van der Waals surface area contributed by atoms with Gasteiger partial charge in [0.2, 0.25) is 0 Å². The average molecular weight is 125 g/mol. The Kier molecular flexibility index (Phi) is 3.21. The van der Waals surface area contributed by atoms with Gasteiger partial charge in [0.15, 0.2) is 0 Å². The molecule has 1 aromatic heterocycles. The molecule has 0 aliphatic heterocycles. The predicted octanol–water partition coefficient (Wildman–Crippen LogP) is -3.66. The van der Waals surface area contributed by atoms with Crippen LogP contribution < -0.4 is 18.9 Å². The van der Waals surface area contributed by atoms with Gasteiger partial charge in [-0.15, -0.1) is 6.07 Å². The summed E-state index contributed by atoms with van der Waals surface area (Å²) in [7, 11) is 0. The summed E-state index contributed by atoms with van der Waals surface area (Å²) in [6.07, 6.45) is 0. The molecule has 10 heavy (non-hydrogen) atoms. The Morgan fingerprint density at radius 1 is 1.40 bits per heavy atom. The summed E-state index contributed by atoms with van der Waals surface area (Å²) in [5.41, 5.74) is -0.0324. The average Bonchev–Trinajstić information content (AvgIpc) is 2.33. The molecule has 1 aromatic rings. The molecule has 0 saturated carbocycles. The van der Waals surface area contributed by atoms with Crippen molar-refractivity contribution in [2.24, 2.45) is 0 Å². The molecule has 0 aliphatic carbocycles. The molecule has 0 spiro atoms. The van der Waals surface area contributed by atoms with Crippen LogP contribution in [-0.2, 0) is 0 Å². The number of nitriles is 2. The van der Waals surface area contributed by atoms with Gasteiger partial charge in [-0.1, -0.05) is 5.21 Å². The van der Waals surface area contributed by atoms with Crippen LogP contribution in [0.2, 0.25) is 0 Å². The fourth-order valence-corrected chi connectivity index (χ4v) is 0.357. The van der Waals surface area contributed by atoms with Crippen molar-refractivity contribution in [3.05, 3.63) is 11.4 Å². The molecule has 0 bridgehead atoms. The Bertz CT molecular complexity index is 261. The van der Waals surface area contributed by atoms with Crippen molar-refractivity contribution < 1.29 is 18.9 Å². The van der Waals surface area contributed by atoms with E-state index >= 15 is 0 Å². The van der Waals surface area contributed by atoms with Crippen LogP contribution in [0.15, 0.2) is 0 Å². The molecular weight excluding hydrogens is 125 g/mol. The van der Waals surface area contributed by atoms with Gasteiger partial charge in [0.1, 0.15) is 0 Å². The van der Waals surface area contributed by atoms with Crippen molar-refractivity contribution in [1.29, 1.82) is 10.5 Å². The van der Waals surface area contributed by atoms with Crippen molar-refractivity contribution in [3.8, 4) is 12.1 Å². The minimum absolute atomic E-state index is 0. The molecule has 0 atom stereocenters.